The minimum Gasteiger partial charge on any atom is -0.273 e. The van der Waals surface area contributed by atoms with Crippen molar-refractivity contribution in [1.82, 2.24) is 0 Å². The smallest absolute Gasteiger partial charge is 0.226 e. The zero-order chi connectivity index (χ0) is 9.12. The molecule has 0 aromatic heterocycles. The molecule has 8 heteroatoms. The van der Waals surface area contributed by atoms with Gasteiger partial charge >= 0.3 is 0 Å². The molecule has 0 heterocycles. The maximum atomic E-state index is 10.7. The molecular weight excluding hydrogens is 228 g/mol. The lowest BCUT2D eigenvalue weighted by Gasteiger charge is -2.01. The molecule has 0 N–H and O–H groups in total. The van der Waals surface area contributed by atoms with Gasteiger partial charge in [0.15, 0.2) is 5.94 Å². The molecule has 0 aliphatic heterocycles. The van der Waals surface area contributed by atoms with Gasteiger partial charge in [0, 0.05) is 17.4 Å². The molecule has 0 bridgehead atoms. The monoisotopic (exact) mass is 236 g/mol. The Bertz CT molecular complexity index is 298. The zero-order valence-electron chi connectivity index (χ0n) is 5.97. The Morgan fingerprint density at radius 1 is 1.45 bits per heavy atom. The van der Waals surface area contributed by atoms with E-state index in [-0.39, 0.29) is 0 Å². The normalized spacial score (nSPS) is 17.6. The molecule has 68 valence electrons. The van der Waals surface area contributed by atoms with E-state index in [1.165, 1.54) is 6.26 Å². The van der Waals surface area contributed by atoms with Gasteiger partial charge in [0.25, 0.3) is 0 Å². The van der Waals surface area contributed by atoms with Crippen molar-refractivity contribution in [3.8, 4) is 0 Å². The second-order valence-electron chi connectivity index (χ2n) is 1.66. The summed E-state index contributed by atoms with van der Waals surface area (Å²) in [5, 5.41) is 0. The Morgan fingerprint density at radius 3 is 2.18 bits per heavy atom. The standard InChI is InChI=1S/C3H8O4S4/c1-9-11(5,6)3-7-10(2,4)8/h3H2,1-2H3. The molecule has 0 saturated carbocycles. The third-order valence-corrected chi connectivity index (χ3v) is 4.37. The summed E-state index contributed by atoms with van der Waals surface area (Å²) in [6.07, 6.45) is 2.57. The van der Waals surface area contributed by atoms with Crippen molar-refractivity contribution in [2.24, 2.45) is 0 Å². The van der Waals surface area contributed by atoms with Crippen LogP contribution >= 0.6 is 10.8 Å². The van der Waals surface area contributed by atoms with Crippen LogP contribution in [0.25, 0.3) is 0 Å². The number of rotatable bonds is 4. The average molecular weight is 236 g/mol. The van der Waals surface area contributed by atoms with Gasteiger partial charge in [-0.15, -0.1) is 0 Å². The first-order chi connectivity index (χ1) is 4.77. The maximum Gasteiger partial charge on any atom is 0.226 e. The minimum absolute atomic E-state index is 0.590. The highest BCUT2D eigenvalue weighted by molar-refractivity contribution is 8.71. The fourth-order valence-corrected chi connectivity index (χ4v) is 2.46. The van der Waals surface area contributed by atoms with Gasteiger partial charge in [-0.3, -0.25) is 4.18 Å². The van der Waals surface area contributed by atoms with Crippen molar-refractivity contribution in [3.05, 3.63) is 0 Å². The highest BCUT2D eigenvalue weighted by Crippen LogP contribution is 2.08. The SMILES string of the molecule is CSS(=O)(=O)COS(C)(=O)=S. The van der Waals surface area contributed by atoms with Crippen LogP contribution in [0.4, 0.5) is 0 Å². The Balaban J connectivity index is 4.13. The van der Waals surface area contributed by atoms with Crippen LogP contribution in [0.3, 0.4) is 0 Å². The largest absolute Gasteiger partial charge is 0.273 e. The van der Waals surface area contributed by atoms with Gasteiger partial charge in [-0.2, -0.15) is 0 Å². The third kappa shape index (κ3) is 7.01. The van der Waals surface area contributed by atoms with Gasteiger partial charge in [0.05, 0.1) is 0 Å². The first kappa shape index (κ1) is 11.6. The van der Waals surface area contributed by atoms with E-state index in [1.54, 1.807) is 0 Å². The van der Waals surface area contributed by atoms with E-state index in [9.17, 15) is 12.6 Å². The minimum atomic E-state index is -3.30. The molecule has 0 radical (unpaired) electrons. The van der Waals surface area contributed by atoms with Crippen molar-refractivity contribution in [1.29, 1.82) is 0 Å². The van der Waals surface area contributed by atoms with Crippen LogP contribution in [-0.4, -0.2) is 31.1 Å². The van der Waals surface area contributed by atoms with Gasteiger partial charge in [0.1, 0.15) is 8.77 Å². The highest BCUT2D eigenvalue weighted by Gasteiger charge is 2.10. The second-order valence-corrected chi connectivity index (χ2v) is 9.33. The van der Waals surface area contributed by atoms with Crippen molar-refractivity contribution in [2.45, 2.75) is 0 Å². The van der Waals surface area contributed by atoms with Crippen LogP contribution < -0.4 is 0 Å². The molecule has 0 aromatic carbocycles. The quantitative estimate of drug-likeness (QED) is 0.638. The molecule has 0 aromatic rings. The van der Waals surface area contributed by atoms with Crippen molar-refractivity contribution in [3.63, 3.8) is 0 Å². The van der Waals surface area contributed by atoms with E-state index in [0.29, 0.717) is 10.8 Å². The predicted molar refractivity (Wildman–Crippen MR) is 49.8 cm³/mol. The molecule has 1 unspecified atom stereocenters. The van der Waals surface area contributed by atoms with E-state index in [2.05, 4.69) is 15.4 Å². The maximum absolute atomic E-state index is 10.7. The van der Waals surface area contributed by atoms with E-state index in [1.807, 2.05) is 0 Å². The average Bonchev–Trinajstić information content (AvgIpc) is 1.83. The van der Waals surface area contributed by atoms with Gasteiger partial charge in [0.2, 0.25) is 8.87 Å². The summed E-state index contributed by atoms with van der Waals surface area (Å²) in [7, 11) is -5.49. The molecule has 0 spiro atoms. The van der Waals surface area contributed by atoms with Crippen LogP contribution in [0.2, 0.25) is 0 Å². The summed E-state index contributed by atoms with van der Waals surface area (Å²) >= 11 is 4.33. The van der Waals surface area contributed by atoms with E-state index >= 15 is 0 Å². The molecule has 0 rings (SSSR count). The van der Waals surface area contributed by atoms with E-state index < -0.39 is 23.6 Å². The lowest BCUT2D eigenvalue weighted by Crippen LogP contribution is -2.09. The lowest BCUT2D eigenvalue weighted by atomic mass is 11.7. The van der Waals surface area contributed by atoms with E-state index in [4.69, 9.17) is 0 Å². The Labute approximate surface area is 74.9 Å². The van der Waals surface area contributed by atoms with Gasteiger partial charge in [-0.1, -0.05) is 0 Å². The molecule has 11 heavy (non-hydrogen) atoms. The summed E-state index contributed by atoms with van der Waals surface area (Å²) in [6, 6.07) is 0. The first-order valence-electron chi connectivity index (χ1n) is 2.39. The van der Waals surface area contributed by atoms with E-state index in [0.717, 1.165) is 6.26 Å². The van der Waals surface area contributed by atoms with Gasteiger partial charge in [-0.25, -0.2) is 12.6 Å². The summed E-state index contributed by atoms with van der Waals surface area (Å²) in [5.41, 5.74) is 0. The van der Waals surface area contributed by atoms with Crippen molar-refractivity contribution in [2.75, 3.05) is 18.5 Å². The topological polar surface area (TPSA) is 60.4 Å². The summed E-state index contributed by atoms with van der Waals surface area (Å²) < 4.78 is 36.5. The highest BCUT2D eigenvalue weighted by atomic mass is 33.1. The zero-order valence-corrected chi connectivity index (χ0v) is 9.24. The van der Waals surface area contributed by atoms with Crippen molar-refractivity contribution >= 4 is 39.6 Å². The van der Waals surface area contributed by atoms with Crippen LogP contribution in [0.15, 0.2) is 0 Å². The van der Waals surface area contributed by atoms with Crippen LogP contribution in [0.5, 0.6) is 0 Å². The number of hydrogen-bond acceptors (Lipinski definition) is 6. The Morgan fingerprint density at radius 2 is 1.91 bits per heavy atom. The second kappa shape index (κ2) is 4.04. The predicted octanol–water partition coefficient (Wildman–Crippen LogP) is -0.0556. The third-order valence-electron chi connectivity index (χ3n) is 0.660. The Kier molecular flexibility index (Phi) is 4.27. The number of hydrogen-bond donors (Lipinski definition) is 0. The fraction of sp³-hybridized carbons (Fsp3) is 1.00. The molecule has 4 nitrogen and oxygen atoms in total. The first-order valence-corrected chi connectivity index (χ1v) is 8.60. The molecular formula is C3H8O4S4. The van der Waals surface area contributed by atoms with Crippen molar-refractivity contribution < 1.29 is 16.8 Å². The summed E-state index contributed by atoms with van der Waals surface area (Å²) in [5.74, 6) is -0.590. The molecule has 0 saturated heterocycles. The molecule has 0 fully saturated rings. The van der Waals surface area contributed by atoms with Crippen LogP contribution in [-0.2, 0) is 33.0 Å². The van der Waals surface area contributed by atoms with Gasteiger partial charge < -0.3 is 0 Å². The van der Waals surface area contributed by atoms with Crippen LogP contribution in [0, 0.1) is 0 Å². The molecule has 0 amide bonds. The van der Waals surface area contributed by atoms with Crippen LogP contribution in [0.1, 0.15) is 0 Å². The molecule has 1 atom stereocenters. The summed E-state index contributed by atoms with van der Waals surface area (Å²) in [6.45, 7) is 0. The molecule has 0 aliphatic carbocycles. The Hall–Kier alpha value is 0.630. The fourth-order valence-electron chi connectivity index (χ4n) is 0.194. The van der Waals surface area contributed by atoms with Gasteiger partial charge in [-0.05, 0) is 17.0 Å². The lowest BCUT2D eigenvalue weighted by molar-refractivity contribution is 0.412. The summed E-state index contributed by atoms with van der Waals surface area (Å²) in [4.78, 5) is 0. The molecule has 0 aliphatic rings.